The number of nitrogens with one attached hydrogen (secondary N) is 2. The molecule has 53 heavy (non-hydrogen) atoms. The van der Waals surface area contributed by atoms with Crippen LogP contribution in [-0.2, 0) is 40.6 Å². The van der Waals surface area contributed by atoms with Crippen molar-refractivity contribution in [1.82, 2.24) is 24.7 Å². The van der Waals surface area contributed by atoms with Crippen LogP contribution in [0.3, 0.4) is 0 Å². The number of carbonyl (C=O) groups excluding carboxylic acids is 4. The number of hydrogen-bond donors (Lipinski definition) is 2. The molecule has 0 bridgehead atoms. The first-order chi connectivity index (χ1) is 25.3. The predicted molar refractivity (Wildman–Crippen MR) is 190 cm³/mol. The number of rotatable bonds is 16. The van der Waals surface area contributed by atoms with Crippen molar-refractivity contribution in [2.75, 3.05) is 45.8 Å². The smallest absolute Gasteiger partial charge is 0.416 e. The monoisotopic (exact) mass is 734 g/mol. The first-order valence-corrected chi connectivity index (χ1v) is 16.9. The van der Waals surface area contributed by atoms with Crippen molar-refractivity contribution < 1.29 is 41.8 Å². The van der Waals surface area contributed by atoms with E-state index in [1.54, 1.807) is 60.5 Å². The van der Waals surface area contributed by atoms with Gasteiger partial charge < -0.3 is 24.7 Å². The maximum atomic E-state index is 13.0. The molecule has 3 aromatic carbocycles. The Hall–Kier alpha value is -5.54. The van der Waals surface area contributed by atoms with Crippen LogP contribution >= 0.6 is 0 Å². The van der Waals surface area contributed by atoms with E-state index in [9.17, 15) is 32.3 Å². The zero-order valence-electron chi connectivity index (χ0n) is 29.6. The number of benzene rings is 3. The number of halogens is 3. The fourth-order valence-corrected chi connectivity index (χ4v) is 5.87. The SMILES string of the molecule is CN1C(=O)CCC(N(C)Cc2ccc(OCCOCCNC(=O)c3ccc(NCc4ccc(C(F)(F)F)cc4)c(-c4cn(C)cn4)c3)cc2C=O)C1=O. The molecule has 15 heteroatoms. The van der Waals surface area contributed by atoms with E-state index in [1.165, 1.54) is 19.2 Å². The van der Waals surface area contributed by atoms with Crippen LogP contribution in [0.5, 0.6) is 5.75 Å². The van der Waals surface area contributed by atoms with E-state index in [-0.39, 0.29) is 50.6 Å². The number of hydrogen-bond acceptors (Lipinski definition) is 9. The van der Waals surface area contributed by atoms with Gasteiger partial charge in [0.05, 0.1) is 36.8 Å². The molecule has 0 saturated carbocycles. The van der Waals surface area contributed by atoms with Gasteiger partial charge >= 0.3 is 6.18 Å². The van der Waals surface area contributed by atoms with Gasteiger partial charge in [-0.25, -0.2) is 4.98 Å². The highest BCUT2D eigenvalue weighted by molar-refractivity contribution is 6.00. The number of aryl methyl sites for hydroxylation is 1. The fraction of sp³-hybridized carbons (Fsp3) is 0.342. The molecule has 1 aliphatic heterocycles. The Kier molecular flexibility index (Phi) is 12.6. The van der Waals surface area contributed by atoms with Crippen LogP contribution in [-0.4, -0.2) is 89.9 Å². The molecule has 1 aromatic heterocycles. The third-order valence-corrected chi connectivity index (χ3v) is 8.87. The molecule has 2 heterocycles. The van der Waals surface area contributed by atoms with Gasteiger partial charge in [-0.2, -0.15) is 13.2 Å². The zero-order valence-corrected chi connectivity index (χ0v) is 29.6. The maximum absolute atomic E-state index is 13.0. The van der Waals surface area contributed by atoms with Gasteiger partial charge in [0.2, 0.25) is 11.8 Å². The number of aldehydes is 1. The number of piperidine rings is 1. The molecule has 12 nitrogen and oxygen atoms in total. The molecule has 1 fully saturated rings. The highest BCUT2D eigenvalue weighted by atomic mass is 19.4. The number of imide groups is 1. The van der Waals surface area contributed by atoms with Gasteiger partial charge in [0, 0.05) is 68.7 Å². The number of carbonyl (C=O) groups is 4. The molecule has 0 aliphatic carbocycles. The van der Waals surface area contributed by atoms with Crippen molar-refractivity contribution in [3.8, 4) is 17.0 Å². The normalized spacial score (nSPS) is 14.8. The van der Waals surface area contributed by atoms with Crippen LogP contribution in [0.15, 0.2) is 73.2 Å². The van der Waals surface area contributed by atoms with Crippen LogP contribution in [0.2, 0.25) is 0 Å². The molecular weight excluding hydrogens is 693 g/mol. The van der Waals surface area contributed by atoms with Gasteiger partial charge in [-0.1, -0.05) is 18.2 Å². The second-order valence-electron chi connectivity index (χ2n) is 12.7. The lowest BCUT2D eigenvalue weighted by atomic mass is 10.0. The minimum atomic E-state index is -4.41. The van der Waals surface area contributed by atoms with E-state index >= 15 is 0 Å². The summed E-state index contributed by atoms with van der Waals surface area (Å²) >= 11 is 0. The molecule has 1 aliphatic rings. The van der Waals surface area contributed by atoms with Crippen LogP contribution in [0.25, 0.3) is 11.3 Å². The zero-order chi connectivity index (χ0) is 38.1. The van der Waals surface area contributed by atoms with Gasteiger partial charge in [0.1, 0.15) is 12.4 Å². The van der Waals surface area contributed by atoms with E-state index in [4.69, 9.17) is 9.47 Å². The fourth-order valence-electron chi connectivity index (χ4n) is 5.87. The summed E-state index contributed by atoms with van der Waals surface area (Å²) in [6.07, 6.45) is 0.477. The first kappa shape index (κ1) is 38.7. The van der Waals surface area contributed by atoms with Crippen molar-refractivity contribution >= 4 is 29.7 Å². The number of nitrogens with zero attached hydrogens (tertiary/aromatic N) is 4. The third kappa shape index (κ3) is 10.1. The topological polar surface area (TPSA) is 135 Å². The molecule has 1 unspecified atom stereocenters. The molecule has 0 spiro atoms. The van der Waals surface area contributed by atoms with Crippen molar-refractivity contribution in [3.63, 3.8) is 0 Å². The largest absolute Gasteiger partial charge is 0.491 e. The van der Waals surface area contributed by atoms with Crippen molar-refractivity contribution in [2.24, 2.45) is 7.05 Å². The Morgan fingerprint density at radius 3 is 2.51 bits per heavy atom. The number of ether oxygens (including phenoxy) is 2. The van der Waals surface area contributed by atoms with Crippen molar-refractivity contribution in [1.29, 1.82) is 0 Å². The average molecular weight is 735 g/mol. The highest BCUT2D eigenvalue weighted by Gasteiger charge is 2.34. The Morgan fingerprint density at radius 1 is 1.04 bits per heavy atom. The minimum absolute atomic E-state index is 0.198. The van der Waals surface area contributed by atoms with Crippen LogP contribution in [0.1, 0.15) is 50.2 Å². The minimum Gasteiger partial charge on any atom is -0.491 e. The number of imidazole rings is 1. The lowest BCUT2D eigenvalue weighted by Gasteiger charge is -2.34. The maximum Gasteiger partial charge on any atom is 0.416 e. The summed E-state index contributed by atoms with van der Waals surface area (Å²) in [5, 5.41) is 6.07. The number of anilines is 1. The number of amides is 3. The Bertz CT molecular complexity index is 1930. The summed E-state index contributed by atoms with van der Waals surface area (Å²) in [5.74, 6) is -0.296. The van der Waals surface area contributed by atoms with E-state index in [1.807, 2.05) is 11.9 Å². The predicted octanol–water partition coefficient (Wildman–Crippen LogP) is 4.94. The van der Waals surface area contributed by atoms with Crippen LogP contribution in [0.4, 0.5) is 18.9 Å². The van der Waals surface area contributed by atoms with Gasteiger partial charge in [0.25, 0.3) is 5.91 Å². The second kappa shape index (κ2) is 17.3. The number of alkyl halides is 3. The Labute approximate surface area is 304 Å². The third-order valence-electron chi connectivity index (χ3n) is 8.87. The summed E-state index contributed by atoms with van der Waals surface area (Å²) in [6.45, 7) is 1.50. The average Bonchev–Trinajstić information content (AvgIpc) is 3.58. The van der Waals surface area contributed by atoms with E-state index in [0.29, 0.717) is 58.8 Å². The molecule has 1 saturated heterocycles. The van der Waals surface area contributed by atoms with E-state index in [0.717, 1.165) is 28.9 Å². The summed E-state index contributed by atoms with van der Waals surface area (Å²) < 4.78 is 52.0. The molecule has 1 atom stereocenters. The quantitative estimate of drug-likeness (QED) is 0.0934. The summed E-state index contributed by atoms with van der Waals surface area (Å²) in [4.78, 5) is 56.6. The van der Waals surface area contributed by atoms with Gasteiger partial charge in [-0.3, -0.25) is 29.0 Å². The highest BCUT2D eigenvalue weighted by Crippen LogP contribution is 2.31. The van der Waals surface area contributed by atoms with Gasteiger partial charge in [0.15, 0.2) is 6.29 Å². The van der Waals surface area contributed by atoms with Crippen LogP contribution in [0, 0.1) is 0 Å². The lowest BCUT2D eigenvalue weighted by Crippen LogP contribution is -2.51. The summed E-state index contributed by atoms with van der Waals surface area (Å²) in [7, 11) is 5.09. The standard InChI is InChI=1S/C38H41F3N6O6/c1-45-22-33(44-24-45)31-19-26(7-11-32(31)43-20-25-4-8-29(9-5-25)38(39,40)41)36(50)42-14-15-52-16-17-53-30-10-6-27(28(18-30)23-48)21-46(2)34-12-13-35(49)47(3)37(34)51/h4-11,18-19,22-24,34,43H,12-17,20-21H2,1-3H3,(H,42,50). The van der Waals surface area contributed by atoms with E-state index < -0.39 is 17.8 Å². The molecule has 2 N–H and O–H groups in total. The Morgan fingerprint density at radius 2 is 1.81 bits per heavy atom. The van der Waals surface area contributed by atoms with Gasteiger partial charge in [-0.05, 0) is 67.1 Å². The van der Waals surface area contributed by atoms with Crippen molar-refractivity contribution in [3.05, 3.63) is 101 Å². The second-order valence-corrected chi connectivity index (χ2v) is 12.7. The summed E-state index contributed by atoms with van der Waals surface area (Å²) in [6, 6.07) is 14.7. The molecule has 3 amide bonds. The Balaban J connectivity index is 1.07. The molecule has 0 radical (unpaired) electrons. The van der Waals surface area contributed by atoms with Gasteiger partial charge in [-0.15, -0.1) is 0 Å². The number of likely N-dealkylation sites (N-methyl/N-ethyl adjacent to an activating group) is 2. The number of likely N-dealkylation sites (tertiary alicyclic amines) is 1. The number of aromatic nitrogens is 2. The van der Waals surface area contributed by atoms with Crippen molar-refractivity contribution in [2.45, 2.75) is 38.1 Å². The lowest BCUT2D eigenvalue weighted by molar-refractivity contribution is -0.150. The molecular formula is C38H41F3N6O6. The molecule has 4 aromatic rings. The summed E-state index contributed by atoms with van der Waals surface area (Å²) in [5.41, 5.74) is 3.42. The van der Waals surface area contributed by atoms with E-state index in [2.05, 4.69) is 15.6 Å². The molecule has 5 rings (SSSR count). The first-order valence-electron chi connectivity index (χ1n) is 16.9. The molecule has 280 valence electrons. The van der Waals surface area contributed by atoms with Crippen LogP contribution < -0.4 is 15.4 Å².